The van der Waals surface area contributed by atoms with Crippen LogP contribution in [0.4, 0.5) is 22.0 Å². The van der Waals surface area contributed by atoms with Crippen LogP contribution in [0, 0.1) is 6.92 Å². The van der Waals surface area contributed by atoms with Crippen LogP contribution in [-0.4, -0.2) is 22.4 Å². The molecule has 9 heteroatoms. The highest BCUT2D eigenvalue weighted by atomic mass is 19.4. The maximum atomic E-state index is 12.8. The van der Waals surface area contributed by atoms with E-state index in [-0.39, 0.29) is 11.3 Å². The number of carboxylic acid groups (broad SMARTS) is 1. The Balaban J connectivity index is 3.27. The Bertz CT molecular complexity index is 487. The maximum absolute atomic E-state index is 12.8. The van der Waals surface area contributed by atoms with Crippen LogP contribution in [0.25, 0.3) is 0 Å². The van der Waals surface area contributed by atoms with Gasteiger partial charge in [-0.25, -0.2) is 8.78 Å². The average molecular weight is 285 g/mol. The minimum Gasteiger partial charge on any atom is -0.481 e. The molecule has 19 heavy (non-hydrogen) atoms. The minimum atomic E-state index is -5.13. The van der Waals surface area contributed by atoms with Gasteiger partial charge >= 0.3 is 12.3 Å². The number of nitrogens with zero attached hydrogens (tertiary/aromatic N) is 1. The molecule has 0 aliphatic heterocycles. The predicted molar refractivity (Wildman–Crippen MR) is 52.0 cm³/mol. The number of hydrogen-bond acceptors (Lipinski definition) is 3. The van der Waals surface area contributed by atoms with E-state index < -0.39 is 36.5 Å². The van der Waals surface area contributed by atoms with Crippen LogP contribution >= 0.6 is 0 Å². The topological polar surface area (TPSA) is 59.4 Å². The zero-order valence-electron chi connectivity index (χ0n) is 9.46. The number of aliphatic carboxylic acids is 1. The Morgan fingerprint density at radius 2 is 2.05 bits per heavy atom. The molecule has 0 aromatic carbocycles. The van der Waals surface area contributed by atoms with Crippen LogP contribution in [0.3, 0.4) is 0 Å². The number of ether oxygens (including phenoxy) is 1. The number of pyridine rings is 1. The van der Waals surface area contributed by atoms with Gasteiger partial charge in [-0.2, -0.15) is 0 Å². The highest BCUT2D eigenvalue weighted by Gasteiger charge is 2.34. The van der Waals surface area contributed by atoms with Gasteiger partial charge in [0.25, 0.3) is 6.43 Å². The molecule has 0 aliphatic carbocycles. The summed E-state index contributed by atoms with van der Waals surface area (Å²) in [6, 6.07) is 0. The summed E-state index contributed by atoms with van der Waals surface area (Å²) >= 11 is 0. The molecule has 1 N–H and O–H groups in total. The highest BCUT2D eigenvalue weighted by molar-refractivity contribution is 5.70. The van der Waals surface area contributed by atoms with Gasteiger partial charge in [0, 0.05) is 0 Å². The molecule has 0 saturated carbocycles. The maximum Gasteiger partial charge on any atom is 0.573 e. The van der Waals surface area contributed by atoms with Crippen LogP contribution in [0.5, 0.6) is 5.75 Å². The molecule has 0 saturated heterocycles. The summed E-state index contributed by atoms with van der Waals surface area (Å²) in [5, 5.41) is 8.54. The van der Waals surface area contributed by atoms with E-state index in [1.165, 1.54) is 0 Å². The molecule has 1 rings (SSSR count). The summed E-state index contributed by atoms with van der Waals surface area (Å²) in [5.74, 6) is -2.46. The second-order valence-corrected chi connectivity index (χ2v) is 3.53. The van der Waals surface area contributed by atoms with Crippen molar-refractivity contribution in [1.29, 1.82) is 0 Å². The van der Waals surface area contributed by atoms with Gasteiger partial charge in [-0.1, -0.05) is 0 Å². The van der Waals surface area contributed by atoms with Crippen molar-refractivity contribution in [3.63, 3.8) is 0 Å². The van der Waals surface area contributed by atoms with Crippen LogP contribution in [0.15, 0.2) is 6.20 Å². The fourth-order valence-electron chi connectivity index (χ4n) is 1.44. The Kier molecular flexibility index (Phi) is 4.28. The molecular weight excluding hydrogens is 277 g/mol. The summed E-state index contributed by atoms with van der Waals surface area (Å²) in [7, 11) is 0. The van der Waals surface area contributed by atoms with Crippen LogP contribution < -0.4 is 4.74 Å². The molecule has 1 aromatic heterocycles. The van der Waals surface area contributed by atoms with Gasteiger partial charge in [0.1, 0.15) is 0 Å². The smallest absolute Gasteiger partial charge is 0.481 e. The van der Waals surface area contributed by atoms with Gasteiger partial charge in [-0.15, -0.1) is 13.2 Å². The number of rotatable bonds is 4. The Hall–Kier alpha value is -1.93. The van der Waals surface area contributed by atoms with Gasteiger partial charge in [0.2, 0.25) is 0 Å². The van der Waals surface area contributed by atoms with E-state index in [4.69, 9.17) is 5.11 Å². The van der Waals surface area contributed by atoms with E-state index in [0.717, 1.165) is 6.92 Å². The monoisotopic (exact) mass is 285 g/mol. The minimum absolute atomic E-state index is 0.239. The summed E-state index contributed by atoms with van der Waals surface area (Å²) in [4.78, 5) is 13.9. The molecule has 106 valence electrons. The fourth-order valence-corrected chi connectivity index (χ4v) is 1.44. The summed E-state index contributed by atoms with van der Waals surface area (Å²) < 4.78 is 65.1. The molecule has 1 aromatic rings. The third kappa shape index (κ3) is 4.04. The lowest BCUT2D eigenvalue weighted by Crippen LogP contribution is -2.19. The lowest BCUT2D eigenvalue weighted by atomic mass is 10.1. The average Bonchev–Trinajstić information content (AvgIpc) is 2.19. The first-order chi connectivity index (χ1) is 8.61. The number of carboxylic acids is 1. The van der Waals surface area contributed by atoms with Crippen molar-refractivity contribution in [3.05, 3.63) is 23.0 Å². The number of hydrogen-bond donors (Lipinski definition) is 1. The van der Waals surface area contributed by atoms with Gasteiger partial charge in [-0.3, -0.25) is 9.78 Å². The first-order valence-corrected chi connectivity index (χ1v) is 4.86. The van der Waals surface area contributed by atoms with E-state index in [1.807, 2.05) is 0 Å². The molecule has 1 heterocycles. The molecule has 0 atom stereocenters. The lowest BCUT2D eigenvalue weighted by molar-refractivity contribution is -0.275. The molecule has 4 nitrogen and oxygen atoms in total. The van der Waals surface area contributed by atoms with Gasteiger partial charge in [-0.05, 0) is 12.5 Å². The largest absolute Gasteiger partial charge is 0.573 e. The van der Waals surface area contributed by atoms with Gasteiger partial charge < -0.3 is 9.84 Å². The first-order valence-electron chi connectivity index (χ1n) is 4.86. The third-order valence-electron chi connectivity index (χ3n) is 2.20. The SMILES string of the molecule is Cc1c(CC(=O)O)ncc(OC(F)(F)F)c1C(F)F. The molecule has 0 amide bonds. The normalized spacial score (nSPS) is 11.7. The van der Waals surface area contributed by atoms with Crippen molar-refractivity contribution in [3.8, 4) is 5.75 Å². The number of carbonyl (C=O) groups is 1. The molecule has 0 aliphatic rings. The lowest BCUT2D eigenvalue weighted by Gasteiger charge is -2.16. The predicted octanol–water partition coefficient (Wildman–Crippen LogP) is 2.85. The van der Waals surface area contributed by atoms with Gasteiger partial charge in [0.15, 0.2) is 5.75 Å². The Morgan fingerprint density at radius 3 is 2.47 bits per heavy atom. The quantitative estimate of drug-likeness (QED) is 0.864. The van der Waals surface area contributed by atoms with Crippen molar-refractivity contribution in [2.75, 3.05) is 0 Å². The van der Waals surface area contributed by atoms with Crippen LogP contribution in [0.2, 0.25) is 0 Å². The van der Waals surface area contributed by atoms with E-state index in [0.29, 0.717) is 6.20 Å². The highest BCUT2D eigenvalue weighted by Crippen LogP contribution is 2.35. The second-order valence-electron chi connectivity index (χ2n) is 3.53. The molecular formula is C10H8F5NO3. The Labute approximate surface area is 103 Å². The second kappa shape index (κ2) is 5.37. The van der Waals surface area contributed by atoms with Crippen LogP contribution in [0.1, 0.15) is 23.2 Å². The standard InChI is InChI=1S/C10H8F5NO3/c1-4-5(2-7(17)18)16-3-6(8(4)9(11)12)19-10(13,14)15/h3,9H,2H2,1H3,(H,17,18). The van der Waals surface area contributed by atoms with E-state index >= 15 is 0 Å². The number of halogens is 5. The van der Waals surface area contributed by atoms with Crippen molar-refractivity contribution >= 4 is 5.97 Å². The van der Waals surface area contributed by atoms with Gasteiger partial charge in [0.05, 0.1) is 23.9 Å². The Morgan fingerprint density at radius 1 is 1.47 bits per heavy atom. The zero-order chi connectivity index (χ0) is 14.8. The van der Waals surface area contributed by atoms with Crippen molar-refractivity contribution in [1.82, 2.24) is 4.98 Å². The van der Waals surface area contributed by atoms with Crippen LogP contribution in [-0.2, 0) is 11.2 Å². The first kappa shape index (κ1) is 15.1. The summed E-state index contributed by atoms with van der Waals surface area (Å²) in [5.41, 5.74) is -1.58. The summed E-state index contributed by atoms with van der Waals surface area (Å²) in [6.07, 6.45) is -8.60. The fraction of sp³-hybridized carbons (Fsp3) is 0.400. The molecule has 0 fully saturated rings. The third-order valence-corrected chi connectivity index (χ3v) is 2.20. The zero-order valence-corrected chi connectivity index (χ0v) is 9.46. The van der Waals surface area contributed by atoms with Crippen molar-refractivity contribution in [2.45, 2.75) is 26.1 Å². The van der Waals surface area contributed by atoms with Crippen molar-refractivity contribution in [2.24, 2.45) is 0 Å². The molecule has 0 spiro atoms. The van der Waals surface area contributed by atoms with Crippen molar-refractivity contribution < 1.29 is 36.6 Å². The number of alkyl halides is 5. The molecule has 0 radical (unpaired) electrons. The van der Waals surface area contributed by atoms with E-state index in [2.05, 4.69) is 9.72 Å². The summed E-state index contributed by atoms with van der Waals surface area (Å²) in [6.45, 7) is 1.07. The van der Waals surface area contributed by atoms with E-state index in [9.17, 15) is 26.7 Å². The van der Waals surface area contributed by atoms with E-state index in [1.54, 1.807) is 0 Å². The molecule has 0 unspecified atom stereocenters. The molecule has 0 bridgehead atoms. The number of aromatic nitrogens is 1.